The lowest BCUT2D eigenvalue weighted by molar-refractivity contribution is -0.274. The third-order valence-corrected chi connectivity index (χ3v) is 2.18. The summed E-state index contributed by atoms with van der Waals surface area (Å²) in [6.07, 6.45) is -4.97. The Morgan fingerprint density at radius 1 is 1.47 bits per heavy atom. The van der Waals surface area contributed by atoms with Gasteiger partial charge in [0.1, 0.15) is 11.8 Å². The van der Waals surface area contributed by atoms with Crippen LogP contribution in [-0.2, 0) is 11.3 Å². The zero-order valence-corrected chi connectivity index (χ0v) is 9.75. The van der Waals surface area contributed by atoms with E-state index in [1.54, 1.807) is 6.07 Å². The second-order valence-electron chi connectivity index (χ2n) is 3.36. The first-order chi connectivity index (χ1) is 8.82. The average Bonchev–Trinajstić information content (AvgIpc) is 2.35. The Morgan fingerprint density at radius 3 is 2.53 bits per heavy atom. The first-order valence-corrected chi connectivity index (χ1v) is 4.93. The molecule has 0 saturated heterocycles. The van der Waals surface area contributed by atoms with Crippen molar-refractivity contribution in [3.05, 3.63) is 28.8 Å². The van der Waals surface area contributed by atoms with Crippen LogP contribution in [0.2, 0.25) is 0 Å². The molecule has 0 aliphatic carbocycles. The highest BCUT2D eigenvalue weighted by Crippen LogP contribution is 2.29. The van der Waals surface area contributed by atoms with Crippen LogP contribution >= 0.6 is 0 Å². The Morgan fingerprint density at radius 2 is 2.11 bits per heavy atom. The first-order valence-electron chi connectivity index (χ1n) is 4.93. The molecule has 0 aliphatic heterocycles. The highest BCUT2D eigenvalue weighted by Gasteiger charge is 2.33. The number of methoxy groups -OCH3 is 1. The molecule has 0 radical (unpaired) electrons. The molecule has 0 unspecified atom stereocenters. The number of ether oxygens (including phenoxy) is 2. The van der Waals surface area contributed by atoms with Crippen molar-refractivity contribution in [3.8, 4) is 11.8 Å². The van der Waals surface area contributed by atoms with Crippen LogP contribution in [0.4, 0.5) is 13.2 Å². The van der Waals surface area contributed by atoms with Gasteiger partial charge in [-0.1, -0.05) is 0 Å². The van der Waals surface area contributed by atoms with E-state index in [2.05, 4.69) is 9.47 Å². The van der Waals surface area contributed by atoms with E-state index in [4.69, 9.17) is 11.0 Å². The Kier molecular flexibility index (Phi) is 4.34. The molecule has 0 amide bonds. The Balaban J connectivity index is 3.38. The minimum atomic E-state index is -4.97. The van der Waals surface area contributed by atoms with Gasteiger partial charge in [-0.2, -0.15) is 5.26 Å². The lowest BCUT2D eigenvalue weighted by atomic mass is 10.0. The van der Waals surface area contributed by atoms with E-state index in [-0.39, 0.29) is 23.2 Å². The summed E-state index contributed by atoms with van der Waals surface area (Å²) in [4.78, 5) is 11.4. The monoisotopic (exact) mass is 274 g/mol. The Labute approximate surface area is 106 Å². The third kappa shape index (κ3) is 3.59. The molecule has 0 saturated carbocycles. The number of hydrogen-bond acceptors (Lipinski definition) is 5. The predicted octanol–water partition coefficient (Wildman–Crippen LogP) is 1.70. The van der Waals surface area contributed by atoms with Crippen molar-refractivity contribution in [1.29, 1.82) is 5.26 Å². The molecular weight excluding hydrogens is 265 g/mol. The quantitative estimate of drug-likeness (QED) is 0.848. The zero-order chi connectivity index (χ0) is 14.6. The van der Waals surface area contributed by atoms with Gasteiger partial charge in [-0.3, -0.25) is 0 Å². The molecule has 0 atom stereocenters. The number of benzene rings is 1. The molecule has 102 valence electrons. The molecule has 0 fully saturated rings. The summed E-state index contributed by atoms with van der Waals surface area (Å²) < 4.78 is 44.7. The first kappa shape index (κ1) is 14.8. The van der Waals surface area contributed by atoms with Gasteiger partial charge in [0.05, 0.1) is 18.2 Å². The largest absolute Gasteiger partial charge is 0.573 e. The van der Waals surface area contributed by atoms with Crippen molar-refractivity contribution < 1.29 is 27.4 Å². The van der Waals surface area contributed by atoms with Crippen LogP contribution in [0.1, 0.15) is 21.5 Å². The normalized spacial score (nSPS) is 10.7. The number of esters is 1. The molecule has 2 N–H and O–H groups in total. The summed E-state index contributed by atoms with van der Waals surface area (Å²) in [5, 5.41) is 8.77. The summed E-state index contributed by atoms with van der Waals surface area (Å²) >= 11 is 0. The number of halogens is 3. The number of hydrogen-bond donors (Lipinski definition) is 1. The van der Waals surface area contributed by atoms with Crippen molar-refractivity contribution in [2.45, 2.75) is 12.9 Å². The van der Waals surface area contributed by atoms with Crippen LogP contribution in [0.15, 0.2) is 12.1 Å². The number of nitriles is 1. The van der Waals surface area contributed by atoms with Gasteiger partial charge in [0.15, 0.2) is 0 Å². The van der Waals surface area contributed by atoms with Gasteiger partial charge in [0, 0.05) is 6.54 Å². The number of nitrogens with two attached hydrogens (primary N) is 1. The number of carbonyl (C=O) groups is 1. The van der Waals surface area contributed by atoms with E-state index in [9.17, 15) is 18.0 Å². The summed E-state index contributed by atoms with van der Waals surface area (Å²) in [5.74, 6) is -1.63. The molecule has 19 heavy (non-hydrogen) atoms. The van der Waals surface area contributed by atoms with Crippen LogP contribution in [0.25, 0.3) is 0 Å². The fraction of sp³-hybridized carbons (Fsp3) is 0.273. The van der Waals surface area contributed by atoms with Crippen molar-refractivity contribution >= 4 is 5.97 Å². The van der Waals surface area contributed by atoms with Gasteiger partial charge in [-0.05, 0) is 17.7 Å². The van der Waals surface area contributed by atoms with Gasteiger partial charge in [0.2, 0.25) is 0 Å². The average molecular weight is 274 g/mol. The molecule has 8 heteroatoms. The van der Waals surface area contributed by atoms with Crippen LogP contribution in [-0.4, -0.2) is 19.4 Å². The topological polar surface area (TPSA) is 85.3 Å². The number of nitrogens with zero attached hydrogens (tertiary/aromatic N) is 1. The van der Waals surface area contributed by atoms with Crippen molar-refractivity contribution in [2.75, 3.05) is 7.11 Å². The maximum absolute atomic E-state index is 12.2. The molecule has 1 rings (SSSR count). The van der Waals surface area contributed by atoms with Crippen LogP contribution in [0, 0.1) is 11.3 Å². The van der Waals surface area contributed by atoms with Gasteiger partial charge >= 0.3 is 12.3 Å². The molecule has 0 aliphatic rings. The molecule has 0 aromatic heterocycles. The lowest BCUT2D eigenvalue weighted by Gasteiger charge is -2.13. The van der Waals surface area contributed by atoms with E-state index in [0.29, 0.717) is 0 Å². The Hall–Kier alpha value is -2.27. The second-order valence-corrected chi connectivity index (χ2v) is 3.36. The van der Waals surface area contributed by atoms with E-state index in [1.165, 1.54) is 0 Å². The standard InChI is InChI=1S/C11H9F3N2O3/c1-18-10(17)8-3-9(19-11(12,13)14)7(5-16)2-6(8)4-15/h2-3H,4,15H2,1H3. The summed E-state index contributed by atoms with van der Waals surface area (Å²) in [6, 6.07) is 3.40. The van der Waals surface area contributed by atoms with E-state index >= 15 is 0 Å². The highest BCUT2D eigenvalue weighted by atomic mass is 19.4. The highest BCUT2D eigenvalue weighted by molar-refractivity contribution is 5.92. The van der Waals surface area contributed by atoms with Crippen molar-refractivity contribution in [1.82, 2.24) is 0 Å². The maximum atomic E-state index is 12.2. The minimum absolute atomic E-state index is 0.134. The van der Waals surface area contributed by atoms with Crippen LogP contribution < -0.4 is 10.5 Å². The zero-order valence-electron chi connectivity index (χ0n) is 9.75. The van der Waals surface area contributed by atoms with Gasteiger partial charge < -0.3 is 15.2 Å². The van der Waals surface area contributed by atoms with E-state index in [1.807, 2.05) is 0 Å². The second kappa shape index (κ2) is 5.58. The Bertz CT molecular complexity index is 535. The van der Waals surface area contributed by atoms with Crippen molar-refractivity contribution in [2.24, 2.45) is 5.73 Å². The molecule has 1 aromatic rings. The third-order valence-electron chi connectivity index (χ3n) is 2.18. The van der Waals surface area contributed by atoms with E-state index < -0.39 is 18.1 Å². The SMILES string of the molecule is COC(=O)c1cc(OC(F)(F)F)c(C#N)cc1CN. The molecule has 0 heterocycles. The van der Waals surface area contributed by atoms with Crippen LogP contribution in [0.5, 0.6) is 5.75 Å². The summed E-state index contributed by atoms with van der Waals surface area (Å²) in [6.45, 7) is -0.134. The molecule has 0 bridgehead atoms. The smallest absolute Gasteiger partial charge is 0.465 e. The summed E-state index contributed by atoms with van der Waals surface area (Å²) in [5.41, 5.74) is 5.01. The number of alkyl halides is 3. The number of rotatable bonds is 3. The van der Waals surface area contributed by atoms with Gasteiger partial charge in [-0.15, -0.1) is 13.2 Å². The molecular formula is C11H9F3N2O3. The van der Waals surface area contributed by atoms with Crippen LogP contribution in [0.3, 0.4) is 0 Å². The maximum Gasteiger partial charge on any atom is 0.573 e. The summed E-state index contributed by atoms with van der Waals surface area (Å²) in [7, 11) is 1.07. The molecule has 1 aromatic carbocycles. The fourth-order valence-corrected chi connectivity index (χ4v) is 1.39. The van der Waals surface area contributed by atoms with E-state index in [0.717, 1.165) is 19.2 Å². The van der Waals surface area contributed by atoms with Gasteiger partial charge in [-0.25, -0.2) is 4.79 Å². The number of carbonyl (C=O) groups excluding carboxylic acids is 1. The van der Waals surface area contributed by atoms with Gasteiger partial charge in [0.25, 0.3) is 0 Å². The lowest BCUT2D eigenvalue weighted by Crippen LogP contribution is -2.19. The minimum Gasteiger partial charge on any atom is -0.465 e. The fourth-order valence-electron chi connectivity index (χ4n) is 1.39. The molecule has 0 spiro atoms. The predicted molar refractivity (Wildman–Crippen MR) is 57.1 cm³/mol. The van der Waals surface area contributed by atoms with Crippen molar-refractivity contribution in [3.63, 3.8) is 0 Å². The molecule has 5 nitrogen and oxygen atoms in total.